The number of nitrogens with zero attached hydrogens (tertiary/aromatic N) is 1. The van der Waals surface area contributed by atoms with Gasteiger partial charge in [0, 0.05) is 5.56 Å². The van der Waals surface area contributed by atoms with E-state index >= 15 is 0 Å². The van der Waals surface area contributed by atoms with Gasteiger partial charge in [-0.1, -0.05) is 23.1 Å². The molecule has 104 valence electrons. The maximum atomic E-state index is 12.3. The van der Waals surface area contributed by atoms with Gasteiger partial charge in [0.15, 0.2) is 0 Å². The van der Waals surface area contributed by atoms with E-state index in [4.69, 9.17) is 5.11 Å². The van der Waals surface area contributed by atoms with E-state index in [-0.39, 0.29) is 17.2 Å². The zero-order chi connectivity index (χ0) is 14.6. The van der Waals surface area contributed by atoms with Gasteiger partial charge in [-0.15, -0.1) is 0 Å². The number of aliphatic hydroxyl groups is 1. The highest BCUT2D eigenvalue weighted by atomic mass is 32.2. The zero-order valence-corrected chi connectivity index (χ0v) is 11.4. The second kappa shape index (κ2) is 5.77. The predicted molar refractivity (Wildman–Crippen MR) is 72.5 cm³/mol. The van der Waals surface area contributed by atoms with Crippen molar-refractivity contribution in [2.75, 3.05) is 11.3 Å². The molecule has 0 aliphatic heterocycles. The van der Waals surface area contributed by atoms with Crippen LogP contribution >= 0.6 is 0 Å². The summed E-state index contributed by atoms with van der Waals surface area (Å²) in [5.74, 6) is 5.08. The number of hydrogen-bond acceptors (Lipinski definition) is 5. The number of nitrogens with one attached hydrogen (secondary N) is 1. The van der Waals surface area contributed by atoms with Crippen molar-refractivity contribution in [3.63, 3.8) is 0 Å². The van der Waals surface area contributed by atoms with Crippen molar-refractivity contribution >= 4 is 15.7 Å². The van der Waals surface area contributed by atoms with Crippen molar-refractivity contribution in [2.24, 2.45) is 0 Å². The first-order valence-electron chi connectivity index (χ1n) is 5.65. The van der Waals surface area contributed by atoms with Crippen molar-refractivity contribution in [3.05, 3.63) is 41.8 Å². The van der Waals surface area contributed by atoms with Crippen LogP contribution in [0.5, 0.6) is 0 Å². The SMILES string of the molecule is Cc1ccc(S(=O)(=O)Nc2cnoc2)c(C#CCO)c1. The van der Waals surface area contributed by atoms with Crippen LogP contribution in [0.15, 0.2) is 40.1 Å². The van der Waals surface area contributed by atoms with Crippen LogP contribution in [0.3, 0.4) is 0 Å². The second-order valence-electron chi connectivity index (χ2n) is 3.98. The molecule has 0 saturated heterocycles. The van der Waals surface area contributed by atoms with Crippen molar-refractivity contribution in [3.8, 4) is 11.8 Å². The van der Waals surface area contributed by atoms with Gasteiger partial charge in [-0.05, 0) is 24.6 Å². The molecule has 0 bridgehead atoms. The molecule has 2 rings (SSSR count). The van der Waals surface area contributed by atoms with Gasteiger partial charge in [-0.25, -0.2) is 8.42 Å². The summed E-state index contributed by atoms with van der Waals surface area (Å²) >= 11 is 0. The molecule has 0 fully saturated rings. The quantitative estimate of drug-likeness (QED) is 0.827. The van der Waals surface area contributed by atoms with Crippen LogP contribution in [-0.4, -0.2) is 25.3 Å². The van der Waals surface area contributed by atoms with Crippen LogP contribution in [0.2, 0.25) is 0 Å². The summed E-state index contributed by atoms with van der Waals surface area (Å²) in [6.45, 7) is 1.49. The van der Waals surface area contributed by atoms with Gasteiger partial charge >= 0.3 is 0 Å². The fourth-order valence-corrected chi connectivity index (χ4v) is 2.74. The van der Waals surface area contributed by atoms with E-state index < -0.39 is 10.0 Å². The lowest BCUT2D eigenvalue weighted by atomic mass is 10.1. The van der Waals surface area contributed by atoms with Gasteiger partial charge < -0.3 is 9.63 Å². The molecule has 0 spiro atoms. The average Bonchev–Trinajstić information content (AvgIpc) is 2.88. The van der Waals surface area contributed by atoms with Crippen molar-refractivity contribution < 1.29 is 18.0 Å². The highest BCUT2D eigenvalue weighted by molar-refractivity contribution is 7.92. The Hall–Kier alpha value is -2.30. The maximum absolute atomic E-state index is 12.3. The molecule has 6 nitrogen and oxygen atoms in total. The molecule has 1 aromatic carbocycles. The number of rotatable bonds is 3. The molecule has 1 aromatic heterocycles. The van der Waals surface area contributed by atoms with Gasteiger partial charge in [0.2, 0.25) is 0 Å². The number of aliphatic hydroxyl groups excluding tert-OH is 1. The Labute approximate surface area is 116 Å². The molecular formula is C13H12N2O4S. The molecule has 0 radical (unpaired) electrons. The number of sulfonamides is 1. The molecule has 0 aliphatic rings. The van der Waals surface area contributed by atoms with E-state index in [1.807, 2.05) is 6.92 Å². The normalized spacial score (nSPS) is 10.7. The first kappa shape index (κ1) is 14.1. The zero-order valence-electron chi connectivity index (χ0n) is 10.6. The highest BCUT2D eigenvalue weighted by Crippen LogP contribution is 2.20. The standard InChI is InChI=1S/C13H12N2O4S/c1-10-4-5-13(11(7-10)3-2-6-16)20(17,18)15-12-8-14-19-9-12/h4-5,7-9,15-16H,6H2,1H3. The highest BCUT2D eigenvalue weighted by Gasteiger charge is 2.18. The minimum Gasteiger partial charge on any atom is -0.384 e. The van der Waals surface area contributed by atoms with Crippen LogP contribution in [0.4, 0.5) is 5.69 Å². The molecule has 0 unspecified atom stereocenters. The number of aryl methyl sites for hydroxylation is 1. The molecule has 20 heavy (non-hydrogen) atoms. The topological polar surface area (TPSA) is 92.4 Å². The van der Waals surface area contributed by atoms with Gasteiger partial charge in [0.1, 0.15) is 23.5 Å². The van der Waals surface area contributed by atoms with E-state index in [1.54, 1.807) is 12.1 Å². The van der Waals surface area contributed by atoms with Crippen molar-refractivity contribution in [1.82, 2.24) is 5.16 Å². The molecule has 0 aliphatic carbocycles. The molecule has 1 heterocycles. The fraction of sp³-hybridized carbons (Fsp3) is 0.154. The Morgan fingerprint density at radius 2 is 2.25 bits per heavy atom. The van der Waals surface area contributed by atoms with E-state index in [9.17, 15) is 8.42 Å². The Morgan fingerprint density at radius 3 is 2.90 bits per heavy atom. The lowest BCUT2D eigenvalue weighted by Gasteiger charge is -2.08. The predicted octanol–water partition coefficient (Wildman–Crippen LogP) is 1.13. The Kier molecular flexibility index (Phi) is 4.08. The van der Waals surface area contributed by atoms with Crippen molar-refractivity contribution in [2.45, 2.75) is 11.8 Å². The lowest BCUT2D eigenvalue weighted by Crippen LogP contribution is -2.14. The van der Waals surface area contributed by atoms with Crippen LogP contribution in [0, 0.1) is 18.8 Å². The first-order chi connectivity index (χ1) is 9.53. The van der Waals surface area contributed by atoms with E-state index in [0.29, 0.717) is 5.56 Å². The molecule has 2 aromatic rings. The average molecular weight is 292 g/mol. The lowest BCUT2D eigenvalue weighted by molar-refractivity contribution is 0.350. The van der Waals surface area contributed by atoms with Crippen molar-refractivity contribution in [1.29, 1.82) is 0 Å². The molecule has 0 amide bonds. The first-order valence-corrected chi connectivity index (χ1v) is 7.14. The monoisotopic (exact) mass is 292 g/mol. The van der Waals surface area contributed by atoms with Gasteiger partial charge in [0.25, 0.3) is 10.0 Å². The number of hydrogen-bond donors (Lipinski definition) is 2. The third kappa shape index (κ3) is 3.17. The van der Waals surface area contributed by atoms with E-state index in [1.165, 1.54) is 18.5 Å². The summed E-state index contributed by atoms with van der Waals surface area (Å²) in [6, 6.07) is 4.78. The summed E-state index contributed by atoms with van der Waals surface area (Å²) in [5.41, 5.74) is 1.42. The third-order valence-electron chi connectivity index (χ3n) is 2.41. The van der Waals surface area contributed by atoms with Gasteiger partial charge in [0.05, 0.1) is 6.20 Å². The second-order valence-corrected chi connectivity index (χ2v) is 5.63. The summed E-state index contributed by atoms with van der Waals surface area (Å²) < 4.78 is 31.5. The summed E-state index contributed by atoms with van der Waals surface area (Å²) in [4.78, 5) is 0.0326. The van der Waals surface area contributed by atoms with E-state index in [2.05, 4.69) is 26.2 Å². The number of anilines is 1. The molecular weight excluding hydrogens is 280 g/mol. The molecule has 2 N–H and O–H groups in total. The van der Waals surface area contributed by atoms with E-state index in [0.717, 1.165) is 5.56 Å². The molecule has 7 heteroatoms. The minimum atomic E-state index is -3.80. The van der Waals surface area contributed by atoms with Crippen LogP contribution in [-0.2, 0) is 10.0 Å². The molecule has 0 atom stereocenters. The Bertz CT molecular complexity index is 755. The number of aromatic nitrogens is 1. The Balaban J connectivity index is 2.45. The summed E-state index contributed by atoms with van der Waals surface area (Å²) in [6.07, 6.45) is 2.44. The van der Waals surface area contributed by atoms with Crippen LogP contribution in [0.1, 0.15) is 11.1 Å². The smallest absolute Gasteiger partial charge is 0.263 e. The largest absolute Gasteiger partial charge is 0.384 e. The summed E-state index contributed by atoms with van der Waals surface area (Å²) in [7, 11) is -3.80. The molecule has 0 saturated carbocycles. The van der Waals surface area contributed by atoms with Gasteiger partial charge in [-0.2, -0.15) is 0 Å². The van der Waals surface area contributed by atoms with Gasteiger partial charge in [-0.3, -0.25) is 4.72 Å². The van der Waals surface area contributed by atoms with Crippen LogP contribution < -0.4 is 4.72 Å². The maximum Gasteiger partial charge on any atom is 0.263 e. The summed E-state index contributed by atoms with van der Waals surface area (Å²) in [5, 5.41) is 12.2. The number of benzene rings is 1. The minimum absolute atomic E-state index is 0.0326. The van der Waals surface area contributed by atoms with Crippen LogP contribution in [0.25, 0.3) is 0 Å². The Morgan fingerprint density at radius 1 is 1.45 bits per heavy atom. The fourth-order valence-electron chi connectivity index (χ4n) is 1.58. The third-order valence-corrected chi connectivity index (χ3v) is 3.85.